The second-order valence-corrected chi connectivity index (χ2v) is 3.57. The standard InChI is InChI=1S/C10H24N2/c1-4-7-11-8-5-6-9-12-10(2)3/h10-12H,4-9H2,1-3H3. The Labute approximate surface area is 77.1 Å². The van der Waals surface area contributed by atoms with Crippen LogP contribution in [0.2, 0.25) is 0 Å². The Kier molecular flexibility index (Phi) is 8.95. The lowest BCUT2D eigenvalue weighted by Crippen LogP contribution is -2.24. The molecule has 0 aliphatic heterocycles. The molecule has 0 atom stereocenters. The number of unbranched alkanes of at least 4 members (excludes halogenated alkanes) is 1. The van der Waals surface area contributed by atoms with Crippen molar-refractivity contribution in [1.29, 1.82) is 0 Å². The molecule has 0 rings (SSSR count). The van der Waals surface area contributed by atoms with Crippen molar-refractivity contribution in [3.05, 3.63) is 0 Å². The minimum Gasteiger partial charge on any atom is -0.317 e. The van der Waals surface area contributed by atoms with Crippen LogP contribution in [0.3, 0.4) is 0 Å². The van der Waals surface area contributed by atoms with Crippen LogP contribution < -0.4 is 10.6 Å². The molecule has 2 heteroatoms. The van der Waals surface area contributed by atoms with Gasteiger partial charge in [0.2, 0.25) is 0 Å². The first kappa shape index (κ1) is 11.9. The highest BCUT2D eigenvalue weighted by Gasteiger charge is 1.91. The van der Waals surface area contributed by atoms with Gasteiger partial charge in [-0.05, 0) is 38.9 Å². The van der Waals surface area contributed by atoms with Crippen LogP contribution in [0.5, 0.6) is 0 Å². The smallest absolute Gasteiger partial charge is 0.00103 e. The van der Waals surface area contributed by atoms with Crippen LogP contribution in [0, 0.1) is 0 Å². The second kappa shape index (κ2) is 9.01. The molecule has 0 saturated carbocycles. The fourth-order valence-corrected chi connectivity index (χ4v) is 1.07. The summed E-state index contributed by atoms with van der Waals surface area (Å²) in [6.45, 7) is 10.1. The maximum Gasteiger partial charge on any atom is 0.00103 e. The zero-order valence-electron chi connectivity index (χ0n) is 8.82. The molecule has 2 nitrogen and oxygen atoms in total. The first-order valence-corrected chi connectivity index (χ1v) is 5.21. The van der Waals surface area contributed by atoms with Gasteiger partial charge in [-0.3, -0.25) is 0 Å². The third kappa shape index (κ3) is 9.92. The zero-order chi connectivity index (χ0) is 9.23. The average Bonchev–Trinajstić information content (AvgIpc) is 2.02. The Balaban J connectivity index is 2.82. The summed E-state index contributed by atoms with van der Waals surface area (Å²) in [5.41, 5.74) is 0. The van der Waals surface area contributed by atoms with Crippen molar-refractivity contribution in [1.82, 2.24) is 10.6 Å². The summed E-state index contributed by atoms with van der Waals surface area (Å²) in [6.07, 6.45) is 3.82. The molecule has 0 amide bonds. The van der Waals surface area contributed by atoms with E-state index in [1.54, 1.807) is 0 Å². The van der Waals surface area contributed by atoms with Gasteiger partial charge in [-0.15, -0.1) is 0 Å². The molecule has 0 aromatic rings. The molecule has 0 radical (unpaired) electrons. The molecule has 0 fully saturated rings. The summed E-state index contributed by atoms with van der Waals surface area (Å²) >= 11 is 0. The molecule has 12 heavy (non-hydrogen) atoms. The van der Waals surface area contributed by atoms with E-state index in [1.807, 2.05) is 0 Å². The van der Waals surface area contributed by atoms with Crippen molar-refractivity contribution >= 4 is 0 Å². The van der Waals surface area contributed by atoms with Gasteiger partial charge in [0.25, 0.3) is 0 Å². The van der Waals surface area contributed by atoms with Crippen molar-refractivity contribution in [2.75, 3.05) is 19.6 Å². The van der Waals surface area contributed by atoms with Crippen LogP contribution in [0.25, 0.3) is 0 Å². The van der Waals surface area contributed by atoms with E-state index in [4.69, 9.17) is 0 Å². The summed E-state index contributed by atoms with van der Waals surface area (Å²) < 4.78 is 0. The van der Waals surface area contributed by atoms with Gasteiger partial charge < -0.3 is 10.6 Å². The average molecular weight is 172 g/mol. The third-order valence-corrected chi connectivity index (χ3v) is 1.76. The Morgan fingerprint density at radius 1 is 1.00 bits per heavy atom. The molecule has 0 aromatic heterocycles. The van der Waals surface area contributed by atoms with E-state index < -0.39 is 0 Å². The van der Waals surface area contributed by atoms with Crippen molar-refractivity contribution in [2.24, 2.45) is 0 Å². The van der Waals surface area contributed by atoms with Crippen LogP contribution in [-0.4, -0.2) is 25.7 Å². The molecule has 0 spiro atoms. The van der Waals surface area contributed by atoms with Gasteiger partial charge in [0.1, 0.15) is 0 Å². The molecule has 0 saturated heterocycles. The predicted octanol–water partition coefficient (Wildman–Crippen LogP) is 1.76. The highest BCUT2D eigenvalue weighted by molar-refractivity contribution is 4.54. The van der Waals surface area contributed by atoms with E-state index in [0.29, 0.717) is 6.04 Å². The molecule has 0 unspecified atom stereocenters. The molecule has 74 valence electrons. The number of rotatable bonds is 8. The maximum absolute atomic E-state index is 3.41. The molecule has 0 aromatic carbocycles. The van der Waals surface area contributed by atoms with Crippen LogP contribution in [0.1, 0.15) is 40.0 Å². The van der Waals surface area contributed by atoms with Gasteiger partial charge in [0.05, 0.1) is 0 Å². The molecule has 0 aliphatic rings. The number of nitrogens with one attached hydrogen (secondary N) is 2. The Bertz CT molecular complexity index is 81.9. The highest BCUT2D eigenvalue weighted by Crippen LogP contribution is 1.86. The largest absolute Gasteiger partial charge is 0.317 e. The number of hydrogen-bond acceptors (Lipinski definition) is 2. The normalized spacial score (nSPS) is 11.0. The predicted molar refractivity (Wildman–Crippen MR) is 55.5 cm³/mol. The minimum atomic E-state index is 0.633. The highest BCUT2D eigenvalue weighted by atomic mass is 14.9. The van der Waals surface area contributed by atoms with Gasteiger partial charge in [0.15, 0.2) is 0 Å². The molecule has 2 N–H and O–H groups in total. The summed E-state index contributed by atoms with van der Waals surface area (Å²) in [4.78, 5) is 0. The van der Waals surface area contributed by atoms with Gasteiger partial charge >= 0.3 is 0 Å². The van der Waals surface area contributed by atoms with E-state index >= 15 is 0 Å². The Morgan fingerprint density at radius 3 is 2.25 bits per heavy atom. The molecular formula is C10H24N2. The van der Waals surface area contributed by atoms with Gasteiger partial charge in [0, 0.05) is 6.04 Å². The molecular weight excluding hydrogens is 148 g/mol. The Hall–Kier alpha value is -0.0800. The van der Waals surface area contributed by atoms with Crippen LogP contribution in [-0.2, 0) is 0 Å². The van der Waals surface area contributed by atoms with E-state index in [9.17, 15) is 0 Å². The van der Waals surface area contributed by atoms with Crippen molar-refractivity contribution in [3.63, 3.8) is 0 Å². The minimum absolute atomic E-state index is 0.633. The fourth-order valence-electron chi connectivity index (χ4n) is 1.07. The maximum atomic E-state index is 3.41. The van der Waals surface area contributed by atoms with Gasteiger partial charge in [-0.25, -0.2) is 0 Å². The van der Waals surface area contributed by atoms with Crippen LogP contribution >= 0.6 is 0 Å². The Morgan fingerprint density at radius 2 is 1.67 bits per heavy atom. The summed E-state index contributed by atoms with van der Waals surface area (Å²) in [6, 6.07) is 0.633. The quantitative estimate of drug-likeness (QED) is 0.545. The summed E-state index contributed by atoms with van der Waals surface area (Å²) in [7, 11) is 0. The summed E-state index contributed by atoms with van der Waals surface area (Å²) in [5, 5.41) is 6.80. The first-order chi connectivity index (χ1) is 5.77. The van der Waals surface area contributed by atoms with Crippen molar-refractivity contribution in [3.8, 4) is 0 Å². The zero-order valence-corrected chi connectivity index (χ0v) is 8.82. The van der Waals surface area contributed by atoms with Gasteiger partial charge in [-0.1, -0.05) is 20.8 Å². The first-order valence-electron chi connectivity index (χ1n) is 5.21. The molecule has 0 heterocycles. The topological polar surface area (TPSA) is 24.1 Å². The second-order valence-electron chi connectivity index (χ2n) is 3.57. The van der Waals surface area contributed by atoms with E-state index in [-0.39, 0.29) is 0 Å². The van der Waals surface area contributed by atoms with Crippen LogP contribution in [0.4, 0.5) is 0 Å². The van der Waals surface area contributed by atoms with E-state index in [2.05, 4.69) is 31.4 Å². The lowest BCUT2D eigenvalue weighted by Gasteiger charge is -2.07. The fraction of sp³-hybridized carbons (Fsp3) is 1.00. The third-order valence-electron chi connectivity index (χ3n) is 1.76. The molecule has 0 aliphatic carbocycles. The van der Waals surface area contributed by atoms with Crippen LogP contribution in [0.15, 0.2) is 0 Å². The number of hydrogen-bond donors (Lipinski definition) is 2. The van der Waals surface area contributed by atoms with E-state index in [0.717, 1.165) is 13.1 Å². The monoisotopic (exact) mass is 172 g/mol. The van der Waals surface area contributed by atoms with Gasteiger partial charge in [-0.2, -0.15) is 0 Å². The lowest BCUT2D eigenvalue weighted by molar-refractivity contribution is 0.541. The SMILES string of the molecule is CCCNCCCCNC(C)C. The van der Waals surface area contributed by atoms with Crippen molar-refractivity contribution in [2.45, 2.75) is 46.1 Å². The lowest BCUT2D eigenvalue weighted by atomic mass is 10.3. The van der Waals surface area contributed by atoms with Crippen molar-refractivity contribution < 1.29 is 0 Å². The van der Waals surface area contributed by atoms with E-state index in [1.165, 1.54) is 25.8 Å². The summed E-state index contributed by atoms with van der Waals surface area (Å²) in [5.74, 6) is 0. The molecule has 0 bridgehead atoms.